The fourth-order valence-corrected chi connectivity index (χ4v) is 3.17. The Morgan fingerprint density at radius 3 is 2.48 bits per heavy atom. The zero-order valence-corrected chi connectivity index (χ0v) is 18.1. The highest BCUT2D eigenvalue weighted by molar-refractivity contribution is 14.0. The van der Waals surface area contributed by atoms with Crippen LogP contribution in [-0.2, 0) is 6.54 Å². The standard InChI is InChI=1S/C19H27FN6.HI/c1-16-22-9-11-24(16)10-3-2-8-23-19(21)26-14-12-25(13-15-26)18-6-4-17(20)5-7-18;/h4-7,9,11H,2-3,8,10,12-15H2,1H3,(H2,21,23);1H. The van der Waals surface area contributed by atoms with Gasteiger partial charge in [0, 0.05) is 57.3 Å². The van der Waals surface area contributed by atoms with E-state index in [4.69, 9.17) is 5.73 Å². The Morgan fingerprint density at radius 2 is 1.85 bits per heavy atom. The summed E-state index contributed by atoms with van der Waals surface area (Å²) in [5.41, 5.74) is 7.20. The summed E-state index contributed by atoms with van der Waals surface area (Å²) in [6.45, 7) is 7.13. The van der Waals surface area contributed by atoms with Gasteiger partial charge in [0.1, 0.15) is 11.6 Å². The Balaban J connectivity index is 0.00000261. The number of benzene rings is 1. The summed E-state index contributed by atoms with van der Waals surface area (Å²) in [6, 6.07) is 6.65. The van der Waals surface area contributed by atoms with Crippen molar-refractivity contribution >= 4 is 35.6 Å². The molecule has 1 aliphatic rings. The maximum absolute atomic E-state index is 13.0. The summed E-state index contributed by atoms with van der Waals surface area (Å²) in [5, 5.41) is 0. The van der Waals surface area contributed by atoms with Gasteiger partial charge in [0.15, 0.2) is 5.96 Å². The molecular formula is C19H28FIN6. The number of nitrogens with zero attached hydrogens (tertiary/aromatic N) is 5. The van der Waals surface area contributed by atoms with E-state index in [1.54, 1.807) is 0 Å². The van der Waals surface area contributed by atoms with Crippen molar-refractivity contribution in [2.75, 3.05) is 37.6 Å². The summed E-state index contributed by atoms with van der Waals surface area (Å²) in [6.07, 6.45) is 5.91. The van der Waals surface area contributed by atoms with Gasteiger partial charge in [-0.25, -0.2) is 9.37 Å². The first-order chi connectivity index (χ1) is 12.6. The topological polar surface area (TPSA) is 62.7 Å². The number of unbranched alkanes of at least 4 members (excludes halogenated alkanes) is 1. The molecule has 2 heterocycles. The highest BCUT2D eigenvalue weighted by atomic mass is 127. The number of aliphatic imine (C=N–C) groups is 1. The van der Waals surface area contributed by atoms with Crippen molar-refractivity contribution < 1.29 is 4.39 Å². The lowest BCUT2D eigenvalue weighted by Gasteiger charge is -2.36. The minimum atomic E-state index is -0.202. The minimum Gasteiger partial charge on any atom is -0.370 e. The molecular weight excluding hydrogens is 458 g/mol. The molecule has 27 heavy (non-hydrogen) atoms. The second-order valence-electron chi connectivity index (χ2n) is 6.57. The number of hydrogen-bond donors (Lipinski definition) is 1. The fourth-order valence-electron chi connectivity index (χ4n) is 3.17. The van der Waals surface area contributed by atoms with Gasteiger partial charge in [0.2, 0.25) is 0 Å². The fraction of sp³-hybridized carbons (Fsp3) is 0.474. The Morgan fingerprint density at radius 1 is 1.15 bits per heavy atom. The smallest absolute Gasteiger partial charge is 0.191 e. The van der Waals surface area contributed by atoms with Crippen molar-refractivity contribution in [3.8, 4) is 0 Å². The normalized spacial score (nSPS) is 15.0. The average molecular weight is 486 g/mol. The number of hydrogen-bond acceptors (Lipinski definition) is 3. The van der Waals surface area contributed by atoms with E-state index >= 15 is 0 Å². The third-order valence-electron chi connectivity index (χ3n) is 4.80. The first-order valence-corrected chi connectivity index (χ1v) is 9.16. The third kappa shape index (κ3) is 6.08. The predicted octanol–water partition coefficient (Wildman–Crippen LogP) is 2.87. The number of anilines is 1. The SMILES string of the molecule is Cc1nccn1CCCCN=C(N)N1CCN(c2ccc(F)cc2)CC1.I. The number of aromatic nitrogens is 2. The van der Waals surface area contributed by atoms with Crippen LogP contribution in [0.3, 0.4) is 0 Å². The van der Waals surface area contributed by atoms with Crippen LogP contribution >= 0.6 is 24.0 Å². The van der Waals surface area contributed by atoms with Crippen LogP contribution in [0.25, 0.3) is 0 Å². The Hall–Kier alpha value is -1.84. The molecule has 1 aromatic carbocycles. The number of guanidine groups is 1. The molecule has 1 saturated heterocycles. The number of rotatable bonds is 6. The molecule has 0 spiro atoms. The Kier molecular flexibility index (Phi) is 8.33. The van der Waals surface area contributed by atoms with Crippen molar-refractivity contribution in [2.45, 2.75) is 26.3 Å². The van der Waals surface area contributed by atoms with Crippen LogP contribution in [0.15, 0.2) is 41.7 Å². The first kappa shape index (κ1) is 21.5. The quantitative estimate of drug-likeness (QED) is 0.295. The van der Waals surface area contributed by atoms with Gasteiger partial charge in [0.25, 0.3) is 0 Å². The molecule has 8 heteroatoms. The van der Waals surface area contributed by atoms with Crippen LogP contribution < -0.4 is 10.6 Å². The zero-order chi connectivity index (χ0) is 18.4. The summed E-state index contributed by atoms with van der Waals surface area (Å²) in [5.74, 6) is 1.47. The van der Waals surface area contributed by atoms with E-state index in [1.165, 1.54) is 12.1 Å². The maximum atomic E-state index is 13.0. The molecule has 0 aliphatic carbocycles. The molecule has 0 atom stereocenters. The van der Waals surface area contributed by atoms with Crippen molar-refractivity contribution in [1.82, 2.24) is 14.5 Å². The first-order valence-electron chi connectivity index (χ1n) is 9.16. The van der Waals surface area contributed by atoms with Gasteiger partial charge in [-0.15, -0.1) is 24.0 Å². The van der Waals surface area contributed by atoms with E-state index in [0.29, 0.717) is 5.96 Å². The van der Waals surface area contributed by atoms with Crippen molar-refractivity contribution in [2.24, 2.45) is 10.7 Å². The third-order valence-corrected chi connectivity index (χ3v) is 4.80. The molecule has 0 unspecified atom stereocenters. The molecule has 1 fully saturated rings. The Labute approximate surface area is 177 Å². The van der Waals surface area contributed by atoms with E-state index < -0.39 is 0 Å². The van der Waals surface area contributed by atoms with Crippen LogP contribution in [0, 0.1) is 12.7 Å². The van der Waals surface area contributed by atoms with Gasteiger partial charge in [-0.1, -0.05) is 0 Å². The summed E-state index contributed by atoms with van der Waals surface area (Å²) >= 11 is 0. The maximum Gasteiger partial charge on any atom is 0.191 e. The molecule has 2 N–H and O–H groups in total. The molecule has 148 valence electrons. The molecule has 0 radical (unpaired) electrons. The monoisotopic (exact) mass is 486 g/mol. The van der Waals surface area contributed by atoms with Crippen molar-refractivity contribution in [3.05, 3.63) is 48.3 Å². The van der Waals surface area contributed by atoms with E-state index in [1.807, 2.05) is 31.5 Å². The second kappa shape index (κ2) is 10.5. The lowest BCUT2D eigenvalue weighted by molar-refractivity contribution is 0.380. The molecule has 3 rings (SSSR count). The molecule has 0 saturated carbocycles. The minimum absolute atomic E-state index is 0. The summed E-state index contributed by atoms with van der Waals surface area (Å²) in [4.78, 5) is 13.1. The number of aryl methyl sites for hydroxylation is 2. The number of piperazine rings is 1. The number of halogens is 2. The van der Waals surface area contributed by atoms with Gasteiger partial charge in [-0.3, -0.25) is 4.99 Å². The van der Waals surface area contributed by atoms with Gasteiger partial charge in [-0.05, 0) is 44.0 Å². The van der Waals surface area contributed by atoms with E-state index in [2.05, 4.69) is 24.3 Å². The molecule has 1 aromatic heterocycles. The van der Waals surface area contributed by atoms with Crippen LogP contribution in [0.2, 0.25) is 0 Å². The van der Waals surface area contributed by atoms with Crippen molar-refractivity contribution in [3.63, 3.8) is 0 Å². The second-order valence-corrected chi connectivity index (χ2v) is 6.57. The van der Waals surface area contributed by atoms with Gasteiger partial charge in [-0.2, -0.15) is 0 Å². The number of imidazole rings is 1. The number of nitrogens with two attached hydrogens (primary N) is 1. The van der Waals surface area contributed by atoms with Gasteiger partial charge < -0.3 is 20.1 Å². The lowest BCUT2D eigenvalue weighted by Crippen LogP contribution is -2.51. The van der Waals surface area contributed by atoms with Gasteiger partial charge in [0.05, 0.1) is 0 Å². The van der Waals surface area contributed by atoms with Crippen LogP contribution in [0.1, 0.15) is 18.7 Å². The highest BCUT2D eigenvalue weighted by Crippen LogP contribution is 2.16. The average Bonchev–Trinajstić information content (AvgIpc) is 3.07. The van der Waals surface area contributed by atoms with Crippen molar-refractivity contribution in [1.29, 1.82) is 0 Å². The molecule has 0 bridgehead atoms. The van der Waals surface area contributed by atoms with E-state index in [-0.39, 0.29) is 29.8 Å². The van der Waals surface area contributed by atoms with Crippen LogP contribution in [0.4, 0.5) is 10.1 Å². The van der Waals surface area contributed by atoms with E-state index in [0.717, 1.165) is 63.6 Å². The zero-order valence-electron chi connectivity index (χ0n) is 15.7. The van der Waals surface area contributed by atoms with Crippen LogP contribution in [0.5, 0.6) is 0 Å². The van der Waals surface area contributed by atoms with Gasteiger partial charge >= 0.3 is 0 Å². The molecule has 1 aliphatic heterocycles. The Bertz CT molecular complexity index is 722. The molecule has 2 aromatic rings. The lowest BCUT2D eigenvalue weighted by atomic mass is 10.2. The van der Waals surface area contributed by atoms with Crippen LogP contribution in [-0.4, -0.2) is 53.1 Å². The van der Waals surface area contributed by atoms with E-state index in [9.17, 15) is 4.39 Å². The molecule has 6 nitrogen and oxygen atoms in total. The molecule has 0 amide bonds. The summed E-state index contributed by atoms with van der Waals surface area (Å²) < 4.78 is 15.2. The largest absolute Gasteiger partial charge is 0.370 e. The highest BCUT2D eigenvalue weighted by Gasteiger charge is 2.18. The summed E-state index contributed by atoms with van der Waals surface area (Å²) in [7, 11) is 0. The predicted molar refractivity (Wildman–Crippen MR) is 118 cm³/mol.